The molecule has 4 aliphatic heterocycles. The van der Waals surface area contributed by atoms with E-state index in [1.165, 1.54) is 0 Å². The topological polar surface area (TPSA) is 453 Å². The Labute approximate surface area is 614 Å². The molecule has 4 saturated heterocycles. The van der Waals surface area contributed by atoms with Gasteiger partial charge in [-0.2, -0.15) is 9.37 Å². The summed E-state index contributed by atoms with van der Waals surface area (Å²) in [5.74, 6) is 3.52. The molecular weight excluding hydrogens is 1450 g/mol. The number of aryl methyl sites for hydroxylation is 7. The number of nitrogens with one attached hydrogen (secondary N) is 4. The van der Waals surface area contributed by atoms with E-state index in [2.05, 4.69) is 145 Å². The van der Waals surface area contributed by atoms with Crippen molar-refractivity contribution >= 4 is 97.4 Å². The first-order chi connectivity index (χ1) is 49.4. The molecule has 4 aliphatic rings. The molecule has 0 amide bonds. The third kappa shape index (κ3) is 19.2. The summed E-state index contributed by atoms with van der Waals surface area (Å²) in [6.45, 7) is 24.4. The minimum atomic E-state index is -1.36. The summed E-state index contributed by atoms with van der Waals surface area (Å²) in [6, 6.07) is 0. The van der Waals surface area contributed by atoms with Crippen molar-refractivity contribution in [2.24, 2.45) is 0 Å². The van der Waals surface area contributed by atoms with Gasteiger partial charge in [0.25, 0.3) is 28.3 Å². The molecule has 588 valence electrons. The van der Waals surface area contributed by atoms with Gasteiger partial charge in [0, 0.05) is 19.3 Å². The highest BCUT2D eigenvalue weighted by molar-refractivity contribution is 7.73. The third-order valence-electron chi connectivity index (χ3n) is 18.8. The van der Waals surface area contributed by atoms with Crippen LogP contribution in [0.4, 0.5) is 4.39 Å². The van der Waals surface area contributed by atoms with Crippen molar-refractivity contribution in [2.45, 2.75) is 211 Å². The number of aliphatic hydroxyl groups is 8. The summed E-state index contributed by atoms with van der Waals surface area (Å²) >= 11 is 0. The zero-order chi connectivity index (χ0) is 78.3. The van der Waals surface area contributed by atoms with Crippen LogP contribution < -0.4 is 22.2 Å². The van der Waals surface area contributed by atoms with Crippen LogP contribution in [0.3, 0.4) is 0 Å². The number of hydrogen-bond acceptors (Lipinski definition) is 24. The van der Waals surface area contributed by atoms with Gasteiger partial charge in [-0.05, 0) is 144 Å². The summed E-state index contributed by atoms with van der Waals surface area (Å²) in [5.41, 5.74) is 0.0588. The van der Waals surface area contributed by atoms with Crippen molar-refractivity contribution in [3.8, 4) is 0 Å². The number of fused-ring (bicyclic) bond motifs is 4. The van der Waals surface area contributed by atoms with Crippen molar-refractivity contribution in [3.63, 3.8) is 0 Å². The lowest BCUT2D eigenvalue weighted by atomic mass is 10.1. The Hall–Kier alpha value is -5.95. The fourth-order valence-electron chi connectivity index (χ4n) is 13.3. The standard InChI is InChI=1S/C19H31N4O4P.C18H29N4O4P.C17H27N4O4P.C15H22FN4O4P/c1-6-7-8-13-22-14-17(20-11(2)21-18(14)26)23(13)19-16(25)15(24)12(27-19)9-10-28(3,4)5;1-6-7-12-21-13-16(19-10(2)20-17(13)25)22(12)18-15(24)14(23)11(26-18)8-9-27(3,4)5;1-6-11-20-12-15(18-9(2)19-16(12)24)21(11)17-14(23)13(22)10(25-17)7-8-26(3,4)5;1-7-17-12-9(13(23)18-7)19-15(16)20(12)14-11(22)10(21)8(24-14)5-6-25(2,3)4/h12,15-16,19,24-25H,3,6-10H2,1-2,4-5H3,(H,20,21,26);11,14-15,18,23-24H,3,6-9H2,1-2,4-5H3,(H,19,20,25);10,13-14,17,22-23H,3,6-8H2,1-2,4-5H3,(H,18,19,24);8,10-11,14,21-22H,2,5-6H2,1,3-4H3,(H,17,18,23)/t12-,15-,16-,19-;11-,14-,15-,18-;10-,13-,14-,17-;8-,10-,11-,14-/m1111/s1. The first-order valence-electron chi connectivity index (χ1n) is 35.8. The van der Waals surface area contributed by atoms with Crippen molar-refractivity contribution in [1.82, 2.24) is 78.1 Å². The van der Waals surface area contributed by atoms with Crippen LogP contribution in [-0.4, -0.2) is 295 Å². The highest BCUT2D eigenvalue weighted by Crippen LogP contribution is 2.45. The van der Waals surface area contributed by atoms with E-state index in [4.69, 9.17) is 18.9 Å². The summed E-state index contributed by atoms with van der Waals surface area (Å²) in [5, 5.41) is 84.2. The molecule has 0 saturated carbocycles. The van der Waals surface area contributed by atoms with Gasteiger partial charge in [0.15, 0.2) is 69.6 Å². The highest BCUT2D eigenvalue weighted by Gasteiger charge is 2.49. The summed E-state index contributed by atoms with van der Waals surface area (Å²) in [6.07, 6.45) is 11.2. The van der Waals surface area contributed by atoms with Gasteiger partial charge in [-0.15, -0.1) is 52.7 Å². The SMILES string of the molecule is C=P(C)(C)CC[C@H]1O[C@@H](n2c(CC)nc3c(=O)[nH]c(C)nc32)[C@H](O)[C@@H]1O.C=P(C)(C)CC[C@H]1O[C@@H](n2c(CCC)nc3c(=O)[nH]c(C)nc32)[C@H](O)[C@@H]1O.C=P(C)(C)CC[C@H]1O[C@@H](n2c(CCCC)nc3c(=O)[nH]c(C)nc32)[C@H](O)[C@@H]1O.C=P(C)(C)CC[C@H]1O[C@@H](n2c(F)nc3c(=O)[nH]c(C)nc32)[C@H](O)[C@@H]1O. The first kappa shape index (κ1) is 84.1. The highest BCUT2D eigenvalue weighted by atomic mass is 31.2. The molecule has 0 radical (unpaired) electrons. The van der Waals surface area contributed by atoms with Crippen LogP contribution in [0, 0.1) is 33.8 Å². The molecule has 12 rings (SSSR count). The summed E-state index contributed by atoms with van der Waals surface area (Å²) in [4.78, 5) is 93.4. The number of ether oxygens (including phenoxy) is 4. The van der Waals surface area contributed by atoms with Gasteiger partial charge in [0.2, 0.25) is 0 Å². The Morgan fingerprint density at radius 2 is 0.632 bits per heavy atom. The van der Waals surface area contributed by atoms with Crippen LogP contribution in [0.15, 0.2) is 19.2 Å². The number of aromatic amines is 4. The van der Waals surface area contributed by atoms with E-state index in [1.54, 1.807) is 41.4 Å². The second kappa shape index (κ2) is 33.7. The molecule has 0 unspecified atom stereocenters. The van der Waals surface area contributed by atoms with E-state index in [0.717, 1.165) is 48.5 Å². The zero-order valence-corrected chi connectivity index (χ0v) is 66.9. The summed E-state index contributed by atoms with van der Waals surface area (Å²) < 4.78 is 44.2. The number of nitrogens with zero attached hydrogens (tertiary/aromatic N) is 12. The lowest BCUT2D eigenvalue weighted by molar-refractivity contribution is -0.0413. The second-order valence-electron chi connectivity index (χ2n) is 30.9. The lowest BCUT2D eigenvalue weighted by Gasteiger charge is -2.20. The Bertz CT molecular complexity index is 4910. The fourth-order valence-corrected chi connectivity index (χ4v) is 17.1. The molecule has 0 aromatic carbocycles. The molecule has 12 N–H and O–H groups in total. The van der Waals surface area contributed by atoms with Gasteiger partial charge in [-0.25, -0.2) is 34.9 Å². The first-order valence-corrected chi connectivity index (χ1v) is 48.0. The van der Waals surface area contributed by atoms with E-state index in [1.807, 2.05) is 13.8 Å². The van der Waals surface area contributed by atoms with Crippen LogP contribution in [-0.2, 0) is 38.2 Å². The van der Waals surface area contributed by atoms with E-state index in [-0.39, 0.29) is 50.2 Å². The third-order valence-corrected chi connectivity index (χ3v) is 24.7. The van der Waals surface area contributed by atoms with Gasteiger partial charge in [-0.1, -0.05) is 27.2 Å². The number of hydrogen-bond donors (Lipinski definition) is 12. The molecule has 37 heteroatoms. The fraction of sp³-hybridized carbons (Fsp3) is 0.652. The van der Waals surface area contributed by atoms with Gasteiger partial charge in [0.1, 0.15) is 89.6 Å². The maximum absolute atomic E-state index is 14.4. The quantitative estimate of drug-likeness (QED) is 0.0341. The predicted molar refractivity (Wildman–Crippen MR) is 419 cm³/mol. The minimum absolute atomic E-state index is 0.0272. The monoisotopic (exact) mass is 1560 g/mol. The van der Waals surface area contributed by atoms with Crippen molar-refractivity contribution in [3.05, 3.63) is 88.3 Å². The van der Waals surface area contributed by atoms with Crippen molar-refractivity contribution in [2.75, 3.05) is 78.0 Å². The Kier molecular flexibility index (Phi) is 26.7. The number of aliphatic hydroxyl groups excluding tert-OH is 8. The Balaban J connectivity index is 0.000000164. The molecular formula is C69H109FN16O16P4. The van der Waals surface area contributed by atoms with E-state index >= 15 is 0 Å². The zero-order valence-electron chi connectivity index (χ0n) is 63.3. The van der Waals surface area contributed by atoms with Gasteiger partial charge >= 0.3 is 0 Å². The Morgan fingerprint density at radius 1 is 0.377 bits per heavy atom. The normalized spacial score (nSPS) is 26.4. The van der Waals surface area contributed by atoms with Gasteiger partial charge < -0.3 is 79.7 Å². The summed E-state index contributed by atoms with van der Waals surface area (Å²) in [7, 11) is 0. The molecule has 106 heavy (non-hydrogen) atoms. The number of imidazole rings is 4. The van der Waals surface area contributed by atoms with Crippen molar-refractivity contribution in [1.29, 1.82) is 0 Å². The van der Waals surface area contributed by atoms with Crippen LogP contribution in [0.2, 0.25) is 0 Å². The van der Waals surface area contributed by atoms with E-state index < -0.39 is 137 Å². The Morgan fingerprint density at radius 3 is 0.906 bits per heavy atom. The maximum Gasteiger partial charge on any atom is 0.293 e. The number of aromatic nitrogens is 16. The van der Waals surface area contributed by atoms with Crippen LogP contribution in [0.1, 0.15) is 131 Å². The van der Waals surface area contributed by atoms with Crippen molar-refractivity contribution < 1.29 is 64.2 Å². The van der Waals surface area contributed by atoms with Crippen LogP contribution in [0.25, 0.3) is 44.7 Å². The smallest absolute Gasteiger partial charge is 0.293 e. The number of unbranched alkanes of at least 4 members (excludes halogenated alkanes) is 1. The molecule has 8 aromatic heterocycles. The molecule has 4 fully saturated rings. The average molecular weight is 1560 g/mol. The average Bonchev–Trinajstić information content (AvgIpc) is 1.60. The number of rotatable bonds is 22. The second-order valence-corrected chi connectivity index (χ2v) is 48.2. The number of H-pyrrole nitrogens is 4. The lowest BCUT2D eigenvalue weighted by Crippen LogP contribution is -2.32. The van der Waals surface area contributed by atoms with E-state index in [0.29, 0.717) is 96.8 Å². The molecule has 32 nitrogen and oxygen atoms in total. The van der Waals surface area contributed by atoms with Gasteiger partial charge in [0.05, 0.1) is 24.4 Å². The molecule has 8 aromatic rings. The molecule has 12 heterocycles. The molecule has 0 aliphatic carbocycles. The predicted octanol–water partition coefficient (Wildman–Crippen LogP) is 3.58. The number of halogens is 1. The largest absolute Gasteiger partial charge is 0.388 e. The van der Waals surface area contributed by atoms with Crippen LogP contribution >= 0.6 is 27.5 Å². The van der Waals surface area contributed by atoms with Crippen LogP contribution in [0.5, 0.6) is 0 Å². The molecule has 0 bridgehead atoms. The molecule has 16 atom stereocenters. The minimum Gasteiger partial charge on any atom is -0.388 e. The molecule has 0 spiro atoms. The van der Waals surface area contributed by atoms with E-state index in [9.17, 15) is 64.4 Å². The van der Waals surface area contributed by atoms with Gasteiger partial charge in [-0.3, -0.25) is 37.4 Å². The maximum atomic E-state index is 14.4.